The molecular weight excluding hydrogens is 611 g/mol. The fourth-order valence-electron chi connectivity index (χ4n) is 5.49. The van der Waals surface area contributed by atoms with E-state index in [2.05, 4.69) is 0 Å². The van der Waals surface area contributed by atoms with Crippen LogP contribution in [0.15, 0.2) is 107 Å². The third-order valence-electron chi connectivity index (χ3n) is 8.09. The lowest BCUT2D eigenvalue weighted by Gasteiger charge is -2.26. The number of aliphatic imine (C=N–C) groups is 1. The zero-order chi connectivity index (χ0) is 32.6. The highest BCUT2D eigenvalue weighted by Gasteiger charge is 2.33. The third kappa shape index (κ3) is 7.86. The van der Waals surface area contributed by atoms with Crippen LogP contribution in [0.2, 0.25) is 0 Å². The van der Waals surface area contributed by atoms with E-state index >= 15 is 0 Å². The highest BCUT2D eigenvalue weighted by Crippen LogP contribution is 2.37. The van der Waals surface area contributed by atoms with Gasteiger partial charge in [-0.2, -0.15) is 0 Å². The number of ether oxygens (including phenoxy) is 3. The maximum Gasteiger partial charge on any atom is 0.267 e. The Labute approximate surface area is 279 Å². The monoisotopic (exact) mass is 647 g/mol. The van der Waals surface area contributed by atoms with E-state index in [1.54, 1.807) is 19.1 Å². The Morgan fingerprint density at radius 1 is 0.830 bits per heavy atom. The Hall–Kier alpha value is -5.02. The highest BCUT2D eigenvalue weighted by atomic mass is 32.2. The quantitative estimate of drug-likeness (QED) is 0.164. The Morgan fingerprint density at radius 2 is 1.55 bits per heavy atom. The number of hydrogen-bond acceptors (Lipinski definition) is 7. The van der Waals surface area contributed by atoms with Gasteiger partial charge in [0.25, 0.3) is 11.8 Å². The predicted molar refractivity (Wildman–Crippen MR) is 186 cm³/mol. The molecule has 0 spiro atoms. The van der Waals surface area contributed by atoms with Crippen LogP contribution in [0.3, 0.4) is 0 Å². The Morgan fingerprint density at radius 3 is 2.26 bits per heavy atom. The molecule has 0 saturated carbocycles. The van der Waals surface area contributed by atoms with E-state index in [0.717, 1.165) is 54.1 Å². The number of methoxy groups -OCH3 is 2. The molecule has 0 aromatic heterocycles. The number of carbonyl (C=O) groups excluding carboxylic acids is 2. The Bertz CT molecular complexity index is 1770. The number of benzene rings is 4. The molecule has 0 N–H and O–H groups in total. The van der Waals surface area contributed by atoms with E-state index in [9.17, 15) is 9.59 Å². The van der Waals surface area contributed by atoms with Crippen LogP contribution >= 0.6 is 11.8 Å². The van der Waals surface area contributed by atoms with Crippen LogP contribution in [0.4, 0.5) is 5.69 Å². The normalized spacial score (nSPS) is 16.5. The standard InChI is InChI=1S/C38H37N3O5S/c1-44-32-18-13-27(14-19-32)25-41-37(43)35(47-38(41)39-31-9-5-3-6-10-31)24-29-15-20-33(34(23-29)45-2)46-26-28-11-16-30(17-12-28)36(42)40-21-7-4-8-22-40/h3,5-6,9-20,23-24H,4,7-8,21-22,25-26H2,1-2H3/b35-24-,39-38?. The van der Waals surface area contributed by atoms with Crippen molar-refractivity contribution in [2.24, 2.45) is 4.99 Å². The van der Waals surface area contributed by atoms with Gasteiger partial charge in [0, 0.05) is 18.7 Å². The van der Waals surface area contributed by atoms with Crippen LogP contribution in [-0.4, -0.2) is 54.1 Å². The second-order valence-corrected chi connectivity index (χ2v) is 12.3. The third-order valence-corrected chi connectivity index (χ3v) is 9.10. The van der Waals surface area contributed by atoms with E-state index < -0.39 is 0 Å². The fourth-order valence-corrected chi connectivity index (χ4v) is 6.48. The van der Waals surface area contributed by atoms with Crippen molar-refractivity contribution in [3.8, 4) is 17.2 Å². The molecule has 240 valence electrons. The summed E-state index contributed by atoms with van der Waals surface area (Å²) in [4.78, 5) is 35.5. The summed E-state index contributed by atoms with van der Waals surface area (Å²) in [6.45, 7) is 2.35. The minimum Gasteiger partial charge on any atom is -0.497 e. The summed E-state index contributed by atoms with van der Waals surface area (Å²) < 4.78 is 17.1. The highest BCUT2D eigenvalue weighted by molar-refractivity contribution is 8.18. The lowest BCUT2D eigenvalue weighted by atomic mass is 10.1. The van der Waals surface area contributed by atoms with Crippen LogP contribution in [0.5, 0.6) is 17.2 Å². The first-order valence-electron chi connectivity index (χ1n) is 15.7. The second kappa shape index (κ2) is 15.0. The molecule has 0 atom stereocenters. The molecule has 0 radical (unpaired) electrons. The van der Waals surface area contributed by atoms with Gasteiger partial charge >= 0.3 is 0 Å². The van der Waals surface area contributed by atoms with E-state index in [4.69, 9.17) is 19.2 Å². The molecule has 4 aromatic rings. The second-order valence-electron chi connectivity index (χ2n) is 11.3. The number of rotatable bonds is 10. The molecule has 2 amide bonds. The van der Waals surface area contributed by atoms with E-state index in [-0.39, 0.29) is 11.8 Å². The number of hydrogen-bond donors (Lipinski definition) is 0. The molecule has 6 rings (SSSR count). The summed E-state index contributed by atoms with van der Waals surface area (Å²) in [5.74, 6) is 1.86. The molecule has 2 aliphatic rings. The molecular formula is C38H37N3O5S. The topological polar surface area (TPSA) is 80.7 Å². The zero-order valence-corrected chi connectivity index (χ0v) is 27.4. The van der Waals surface area contributed by atoms with Gasteiger partial charge in [-0.3, -0.25) is 14.5 Å². The van der Waals surface area contributed by atoms with Crippen LogP contribution < -0.4 is 14.2 Å². The number of amidine groups is 1. The molecule has 0 unspecified atom stereocenters. The minimum absolute atomic E-state index is 0.0877. The van der Waals surface area contributed by atoms with Crippen molar-refractivity contribution in [1.82, 2.24) is 9.80 Å². The molecule has 2 fully saturated rings. The smallest absolute Gasteiger partial charge is 0.267 e. The van der Waals surface area contributed by atoms with Crippen molar-refractivity contribution in [2.75, 3.05) is 27.3 Å². The van der Waals surface area contributed by atoms with Gasteiger partial charge < -0.3 is 19.1 Å². The number of likely N-dealkylation sites (tertiary alicyclic amines) is 1. The van der Waals surface area contributed by atoms with Crippen molar-refractivity contribution < 1.29 is 23.8 Å². The fraction of sp³-hybridized carbons (Fsp3) is 0.237. The average molecular weight is 648 g/mol. The SMILES string of the molecule is COc1ccc(CN2C(=O)/C(=C/c3ccc(OCc4ccc(C(=O)N5CCCCC5)cc4)c(OC)c3)SC2=Nc2ccccc2)cc1. The van der Waals surface area contributed by atoms with Gasteiger partial charge in [0.2, 0.25) is 0 Å². The van der Waals surface area contributed by atoms with Crippen LogP contribution in [0, 0.1) is 0 Å². The summed E-state index contributed by atoms with van der Waals surface area (Å²) in [5, 5.41) is 0.610. The van der Waals surface area contributed by atoms with Crippen molar-refractivity contribution in [1.29, 1.82) is 0 Å². The lowest BCUT2D eigenvalue weighted by Crippen LogP contribution is -2.35. The molecule has 47 heavy (non-hydrogen) atoms. The molecule has 0 aliphatic carbocycles. The van der Waals surface area contributed by atoms with Gasteiger partial charge in [-0.15, -0.1) is 0 Å². The first kappa shape index (κ1) is 31.9. The Kier molecular flexibility index (Phi) is 10.2. The van der Waals surface area contributed by atoms with Crippen molar-refractivity contribution in [3.63, 3.8) is 0 Å². The molecule has 2 saturated heterocycles. The summed E-state index contributed by atoms with van der Waals surface area (Å²) >= 11 is 1.34. The van der Waals surface area contributed by atoms with Crippen LogP contribution in [0.1, 0.15) is 46.3 Å². The summed E-state index contributed by atoms with van der Waals surface area (Å²) in [6.07, 6.45) is 5.17. The number of piperidine rings is 1. The number of para-hydroxylation sites is 1. The summed E-state index contributed by atoms with van der Waals surface area (Å²) in [5.41, 5.74) is 4.19. The lowest BCUT2D eigenvalue weighted by molar-refractivity contribution is -0.122. The number of amides is 2. The summed E-state index contributed by atoms with van der Waals surface area (Å²) in [7, 11) is 3.22. The number of carbonyl (C=O) groups is 2. The zero-order valence-electron chi connectivity index (χ0n) is 26.6. The van der Waals surface area contributed by atoms with Crippen molar-refractivity contribution in [2.45, 2.75) is 32.4 Å². The molecule has 9 heteroatoms. The Balaban J connectivity index is 1.16. The maximum atomic E-state index is 13.7. The predicted octanol–water partition coefficient (Wildman–Crippen LogP) is 7.71. The van der Waals surface area contributed by atoms with Gasteiger partial charge in [-0.25, -0.2) is 4.99 Å². The number of thioether (sulfide) groups is 1. The van der Waals surface area contributed by atoms with Gasteiger partial charge in [0.1, 0.15) is 12.4 Å². The van der Waals surface area contributed by atoms with Crippen molar-refractivity contribution in [3.05, 3.63) is 124 Å². The first-order chi connectivity index (χ1) is 23.0. The molecule has 8 nitrogen and oxygen atoms in total. The van der Waals surface area contributed by atoms with E-state index in [1.807, 2.05) is 108 Å². The van der Waals surface area contributed by atoms with E-state index in [1.165, 1.54) is 18.2 Å². The largest absolute Gasteiger partial charge is 0.497 e. The van der Waals surface area contributed by atoms with Gasteiger partial charge in [-0.05, 0) is 102 Å². The van der Waals surface area contributed by atoms with Gasteiger partial charge in [0.15, 0.2) is 16.7 Å². The van der Waals surface area contributed by atoms with E-state index in [0.29, 0.717) is 40.3 Å². The van der Waals surface area contributed by atoms with Gasteiger partial charge in [0.05, 0.1) is 31.4 Å². The molecule has 0 bridgehead atoms. The maximum absolute atomic E-state index is 13.7. The van der Waals surface area contributed by atoms with Gasteiger partial charge in [-0.1, -0.05) is 48.5 Å². The summed E-state index contributed by atoms with van der Waals surface area (Å²) in [6, 6.07) is 30.5. The first-order valence-corrected chi connectivity index (χ1v) is 16.5. The van der Waals surface area contributed by atoms with Crippen LogP contribution in [0.25, 0.3) is 6.08 Å². The molecule has 2 aliphatic heterocycles. The minimum atomic E-state index is -0.123. The van der Waals surface area contributed by atoms with Crippen LogP contribution in [-0.2, 0) is 17.9 Å². The molecule has 2 heterocycles. The number of nitrogens with zero attached hydrogens (tertiary/aromatic N) is 3. The molecule has 4 aromatic carbocycles. The average Bonchev–Trinajstić information content (AvgIpc) is 3.40. The van der Waals surface area contributed by atoms with Crippen molar-refractivity contribution >= 4 is 40.5 Å².